The van der Waals surface area contributed by atoms with Crippen molar-refractivity contribution in [3.05, 3.63) is 35.4 Å². The summed E-state index contributed by atoms with van der Waals surface area (Å²) in [4.78, 5) is 12.4. The molecule has 96 valence electrons. The number of rotatable bonds is 3. The van der Waals surface area contributed by atoms with E-state index in [1.807, 2.05) is 19.1 Å². The van der Waals surface area contributed by atoms with Gasteiger partial charge in [-0.2, -0.15) is 0 Å². The zero-order chi connectivity index (χ0) is 12.5. The van der Waals surface area contributed by atoms with Crippen LogP contribution in [0.25, 0.3) is 0 Å². The molecule has 0 amide bonds. The van der Waals surface area contributed by atoms with Crippen molar-refractivity contribution >= 4 is 5.78 Å². The van der Waals surface area contributed by atoms with Gasteiger partial charge in [0.25, 0.3) is 0 Å². The summed E-state index contributed by atoms with van der Waals surface area (Å²) < 4.78 is 5.50. The fourth-order valence-corrected chi connectivity index (χ4v) is 2.92. The standard InChI is InChI=1S/C16H20O2/c1-11-8-15(10-18-11)16(17)14-7-3-6-13(9-14)12-4-2-5-12/h3,6-7,9,11-12,15H,2,4-5,8,10H2,1H3. The van der Waals surface area contributed by atoms with Crippen molar-refractivity contribution in [2.24, 2.45) is 5.92 Å². The highest BCUT2D eigenvalue weighted by atomic mass is 16.5. The lowest BCUT2D eigenvalue weighted by Gasteiger charge is -2.26. The third-order valence-electron chi connectivity index (χ3n) is 4.32. The van der Waals surface area contributed by atoms with Crippen molar-refractivity contribution in [2.75, 3.05) is 6.61 Å². The van der Waals surface area contributed by atoms with Crippen molar-refractivity contribution in [2.45, 2.75) is 44.6 Å². The molecule has 2 aliphatic rings. The smallest absolute Gasteiger partial charge is 0.168 e. The van der Waals surface area contributed by atoms with Gasteiger partial charge in [0, 0.05) is 11.5 Å². The first-order chi connectivity index (χ1) is 8.74. The predicted molar refractivity (Wildman–Crippen MR) is 70.9 cm³/mol. The summed E-state index contributed by atoms with van der Waals surface area (Å²) in [5, 5.41) is 0. The first kappa shape index (κ1) is 11.9. The Bertz CT molecular complexity index is 448. The number of ketones is 1. The molecule has 1 saturated heterocycles. The minimum absolute atomic E-state index is 0.0663. The van der Waals surface area contributed by atoms with E-state index in [4.69, 9.17) is 4.74 Å². The van der Waals surface area contributed by atoms with Crippen molar-refractivity contribution in [3.8, 4) is 0 Å². The van der Waals surface area contributed by atoms with Gasteiger partial charge < -0.3 is 4.74 Å². The molecule has 1 aromatic carbocycles. The molecule has 18 heavy (non-hydrogen) atoms. The Balaban J connectivity index is 1.76. The monoisotopic (exact) mass is 244 g/mol. The van der Waals surface area contributed by atoms with Gasteiger partial charge in [-0.15, -0.1) is 0 Å². The number of hydrogen-bond acceptors (Lipinski definition) is 2. The molecule has 1 saturated carbocycles. The van der Waals surface area contributed by atoms with Gasteiger partial charge in [-0.1, -0.05) is 24.6 Å². The summed E-state index contributed by atoms with van der Waals surface area (Å²) in [6, 6.07) is 8.25. The van der Waals surface area contributed by atoms with Crippen LogP contribution in [-0.4, -0.2) is 18.5 Å². The summed E-state index contributed by atoms with van der Waals surface area (Å²) in [6.07, 6.45) is 4.99. The summed E-state index contributed by atoms with van der Waals surface area (Å²) in [7, 11) is 0. The van der Waals surface area contributed by atoms with Gasteiger partial charge in [-0.05, 0) is 43.7 Å². The van der Waals surface area contributed by atoms with Gasteiger partial charge in [-0.25, -0.2) is 0 Å². The van der Waals surface area contributed by atoms with E-state index in [2.05, 4.69) is 12.1 Å². The van der Waals surface area contributed by atoms with Gasteiger partial charge in [0.15, 0.2) is 5.78 Å². The molecular formula is C16H20O2. The van der Waals surface area contributed by atoms with Crippen LogP contribution in [0, 0.1) is 5.92 Å². The minimum Gasteiger partial charge on any atom is -0.378 e. The third-order valence-corrected chi connectivity index (χ3v) is 4.32. The van der Waals surface area contributed by atoms with Gasteiger partial charge in [0.1, 0.15) is 0 Å². The maximum Gasteiger partial charge on any atom is 0.168 e. The largest absolute Gasteiger partial charge is 0.378 e. The molecule has 1 aliphatic heterocycles. The average Bonchev–Trinajstić information content (AvgIpc) is 2.73. The molecule has 2 atom stereocenters. The van der Waals surface area contributed by atoms with Crippen LogP contribution >= 0.6 is 0 Å². The molecule has 1 heterocycles. The van der Waals surface area contributed by atoms with Gasteiger partial charge >= 0.3 is 0 Å². The van der Waals surface area contributed by atoms with E-state index in [0.717, 1.165) is 12.0 Å². The Morgan fingerprint density at radius 1 is 1.33 bits per heavy atom. The van der Waals surface area contributed by atoms with Crippen LogP contribution in [-0.2, 0) is 4.74 Å². The molecule has 0 bridgehead atoms. The van der Waals surface area contributed by atoms with Gasteiger partial charge in [0.2, 0.25) is 0 Å². The summed E-state index contributed by atoms with van der Waals surface area (Å²) in [6.45, 7) is 2.63. The number of hydrogen-bond donors (Lipinski definition) is 0. The predicted octanol–water partition coefficient (Wildman–Crippen LogP) is 3.56. The van der Waals surface area contributed by atoms with E-state index in [1.54, 1.807) is 0 Å². The lowest BCUT2D eigenvalue weighted by atomic mass is 9.79. The molecule has 0 radical (unpaired) electrons. The van der Waals surface area contributed by atoms with Crippen LogP contribution in [0.15, 0.2) is 24.3 Å². The molecule has 2 nitrogen and oxygen atoms in total. The van der Waals surface area contributed by atoms with Crippen molar-refractivity contribution in [3.63, 3.8) is 0 Å². The van der Waals surface area contributed by atoms with E-state index in [-0.39, 0.29) is 17.8 Å². The summed E-state index contributed by atoms with van der Waals surface area (Å²) >= 11 is 0. The quantitative estimate of drug-likeness (QED) is 0.760. The van der Waals surface area contributed by atoms with Crippen LogP contribution in [0.1, 0.15) is 54.4 Å². The zero-order valence-corrected chi connectivity index (χ0v) is 10.9. The molecule has 2 heteroatoms. The fourth-order valence-electron chi connectivity index (χ4n) is 2.92. The highest BCUT2D eigenvalue weighted by Crippen LogP contribution is 2.36. The lowest BCUT2D eigenvalue weighted by molar-refractivity contribution is 0.0877. The Morgan fingerprint density at radius 3 is 2.78 bits per heavy atom. The summed E-state index contributed by atoms with van der Waals surface area (Å²) in [5.74, 6) is 1.02. The molecule has 3 rings (SSSR count). The number of Topliss-reactive ketones (excluding diaryl/α,β-unsaturated/α-hetero) is 1. The third kappa shape index (κ3) is 2.22. The highest BCUT2D eigenvalue weighted by molar-refractivity contribution is 5.98. The Labute approximate surface area is 108 Å². The van der Waals surface area contributed by atoms with Crippen molar-refractivity contribution < 1.29 is 9.53 Å². The molecule has 0 spiro atoms. The van der Waals surface area contributed by atoms with Gasteiger partial charge in [0.05, 0.1) is 12.7 Å². The number of carbonyl (C=O) groups is 1. The molecular weight excluding hydrogens is 224 g/mol. The normalized spacial score (nSPS) is 28.1. The average molecular weight is 244 g/mol. The van der Waals surface area contributed by atoms with E-state index in [0.29, 0.717) is 12.5 Å². The fraction of sp³-hybridized carbons (Fsp3) is 0.562. The first-order valence-electron chi connectivity index (χ1n) is 7.00. The van der Waals surface area contributed by atoms with Crippen LogP contribution in [0.3, 0.4) is 0 Å². The second-order valence-electron chi connectivity index (χ2n) is 5.69. The highest BCUT2D eigenvalue weighted by Gasteiger charge is 2.29. The second-order valence-corrected chi connectivity index (χ2v) is 5.69. The van der Waals surface area contributed by atoms with E-state index in [9.17, 15) is 4.79 Å². The summed E-state index contributed by atoms with van der Waals surface area (Å²) in [5.41, 5.74) is 2.22. The second kappa shape index (κ2) is 4.85. The zero-order valence-electron chi connectivity index (χ0n) is 10.9. The molecule has 1 aromatic rings. The number of ether oxygens (including phenoxy) is 1. The Morgan fingerprint density at radius 2 is 2.17 bits per heavy atom. The van der Waals surface area contributed by atoms with Crippen LogP contribution < -0.4 is 0 Å². The topological polar surface area (TPSA) is 26.3 Å². The molecule has 0 aromatic heterocycles. The molecule has 2 fully saturated rings. The Hall–Kier alpha value is -1.15. The van der Waals surface area contributed by atoms with Crippen LogP contribution in [0.4, 0.5) is 0 Å². The molecule has 0 N–H and O–H groups in total. The van der Waals surface area contributed by atoms with Gasteiger partial charge in [-0.3, -0.25) is 4.79 Å². The minimum atomic E-state index is 0.0663. The first-order valence-corrected chi connectivity index (χ1v) is 7.00. The maximum absolute atomic E-state index is 12.4. The maximum atomic E-state index is 12.4. The van der Waals surface area contributed by atoms with E-state index >= 15 is 0 Å². The Kier molecular flexibility index (Phi) is 3.21. The van der Waals surface area contributed by atoms with Crippen molar-refractivity contribution in [1.82, 2.24) is 0 Å². The SMILES string of the molecule is CC1CC(C(=O)c2cccc(C3CCC3)c2)CO1. The molecule has 2 unspecified atom stereocenters. The van der Waals surface area contributed by atoms with E-state index < -0.39 is 0 Å². The molecule has 1 aliphatic carbocycles. The van der Waals surface area contributed by atoms with Crippen LogP contribution in [0.5, 0.6) is 0 Å². The lowest BCUT2D eigenvalue weighted by Crippen LogP contribution is -2.16. The number of carbonyl (C=O) groups excluding carboxylic acids is 1. The van der Waals surface area contributed by atoms with E-state index in [1.165, 1.54) is 24.8 Å². The van der Waals surface area contributed by atoms with Crippen molar-refractivity contribution in [1.29, 1.82) is 0 Å². The number of benzene rings is 1. The van der Waals surface area contributed by atoms with Crippen LogP contribution in [0.2, 0.25) is 0 Å².